The molecule has 0 aliphatic carbocycles. The molecule has 2 N–H and O–H groups in total. The molecule has 0 bridgehead atoms. The van der Waals surface area contributed by atoms with Gasteiger partial charge in [-0.2, -0.15) is 0 Å². The number of rotatable bonds is 5. The van der Waals surface area contributed by atoms with Gasteiger partial charge in [0.05, 0.1) is 5.69 Å². The molecule has 2 heterocycles. The first-order valence-electron chi connectivity index (χ1n) is 8.89. The number of nitrogens with two attached hydrogens (primary N) is 1. The van der Waals surface area contributed by atoms with Gasteiger partial charge in [-0.05, 0) is 29.8 Å². The van der Waals surface area contributed by atoms with Gasteiger partial charge < -0.3 is 10.3 Å². The fourth-order valence-corrected chi connectivity index (χ4v) is 3.84. The number of aromatic nitrogens is 2. The van der Waals surface area contributed by atoms with Crippen LogP contribution in [0.5, 0.6) is 0 Å². The van der Waals surface area contributed by atoms with E-state index in [0.29, 0.717) is 11.3 Å². The molecule has 0 amide bonds. The average molecular weight is 411 g/mol. The molecule has 0 saturated carbocycles. The van der Waals surface area contributed by atoms with Crippen LogP contribution in [0.25, 0.3) is 22.2 Å². The Morgan fingerprint density at radius 1 is 1.07 bits per heavy atom. The minimum Gasteiger partial charge on any atom is -0.356 e. The number of fused-ring (bicyclic) bond motifs is 1. The number of para-hydroxylation sites is 1. The summed E-state index contributed by atoms with van der Waals surface area (Å²) in [7, 11) is -3.55. The molecule has 1 atom stereocenters. The molecule has 0 aliphatic heterocycles. The Kier molecular flexibility index (Phi) is 4.89. The van der Waals surface area contributed by atoms with E-state index >= 15 is 0 Å². The molecule has 6 nitrogen and oxygen atoms in total. The van der Waals surface area contributed by atoms with Crippen molar-refractivity contribution in [1.29, 1.82) is 0 Å². The lowest BCUT2D eigenvalue weighted by Crippen LogP contribution is -2.17. The molecule has 1 unspecified atom stereocenters. The number of hydrogen-bond donors (Lipinski definition) is 1. The Bertz CT molecular complexity index is 1300. The van der Waals surface area contributed by atoms with Crippen LogP contribution in [0.3, 0.4) is 0 Å². The van der Waals surface area contributed by atoms with Crippen molar-refractivity contribution in [1.82, 2.24) is 10.1 Å². The smallest absolute Gasteiger partial charge is 0.192 e. The van der Waals surface area contributed by atoms with Gasteiger partial charge >= 0.3 is 0 Å². The van der Waals surface area contributed by atoms with E-state index in [1.54, 1.807) is 0 Å². The first-order chi connectivity index (χ1) is 13.8. The molecular weight excluding hydrogens is 393 g/mol. The second-order valence-electron chi connectivity index (χ2n) is 6.78. The molecule has 148 valence electrons. The van der Waals surface area contributed by atoms with E-state index in [9.17, 15) is 12.8 Å². The minimum absolute atomic E-state index is 0.000221. The fourth-order valence-electron chi connectivity index (χ4n) is 3.25. The van der Waals surface area contributed by atoms with E-state index < -0.39 is 21.7 Å². The highest BCUT2D eigenvalue weighted by Crippen LogP contribution is 2.33. The van der Waals surface area contributed by atoms with Crippen molar-refractivity contribution in [3.8, 4) is 11.3 Å². The van der Waals surface area contributed by atoms with E-state index in [1.165, 1.54) is 0 Å². The standard InChI is InChI=1S/C21H18FN3O3S/c1-29(26,27)20-11-10-16(22)18(24-20)12-17(23)13-6-2-3-7-14(13)21-15-8-4-5-9-19(15)28-25-21/h2-11,17H,12,23H2,1H3. The minimum atomic E-state index is -3.55. The van der Waals surface area contributed by atoms with E-state index in [0.717, 1.165) is 34.9 Å². The molecule has 0 spiro atoms. The lowest BCUT2D eigenvalue weighted by molar-refractivity contribution is 0.459. The van der Waals surface area contributed by atoms with Crippen molar-refractivity contribution in [3.63, 3.8) is 0 Å². The number of hydrogen-bond acceptors (Lipinski definition) is 6. The summed E-state index contributed by atoms with van der Waals surface area (Å²) in [6, 6.07) is 16.5. The van der Waals surface area contributed by atoms with Crippen molar-refractivity contribution in [2.45, 2.75) is 17.5 Å². The molecule has 29 heavy (non-hydrogen) atoms. The lowest BCUT2D eigenvalue weighted by atomic mass is 9.94. The fraction of sp³-hybridized carbons (Fsp3) is 0.143. The second kappa shape index (κ2) is 7.38. The van der Waals surface area contributed by atoms with Crippen molar-refractivity contribution in [2.24, 2.45) is 5.73 Å². The monoisotopic (exact) mass is 411 g/mol. The van der Waals surface area contributed by atoms with Gasteiger partial charge in [-0.15, -0.1) is 0 Å². The Labute approximate surface area is 167 Å². The normalized spacial score (nSPS) is 12.9. The molecule has 0 radical (unpaired) electrons. The number of nitrogens with zero attached hydrogens (tertiary/aromatic N) is 2. The zero-order valence-corrected chi connectivity index (χ0v) is 16.4. The van der Waals surface area contributed by atoms with Gasteiger partial charge in [0.1, 0.15) is 11.5 Å². The third kappa shape index (κ3) is 3.76. The third-order valence-corrected chi connectivity index (χ3v) is 5.67. The SMILES string of the molecule is CS(=O)(=O)c1ccc(F)c(CC(N)c2ccccc2-c2noc3ccccc23)n1. The Morgan fingerprint density at radius 2 is 1.79 bits per heavy atom. The summed E-state index contributed by atoms with van der Waals surface area (Å²) in [5, 5.41) is 4.84. The van der Waals surface area contributed by atoms with Crippen LogP contribution in [0.15, 0.2) is 70.2 Å². The lowest BCUT2D eigenvalue weighted by Gasteiger charge is -2.16. The van der Waals surface area contributed by atoms with Gasteiger partial charge in [-0.25, -0.2) is 17.8 Å². The summed E-state index contributed by atoms with van der Waals surface area (Å²) < 4.78 is 43.2. The zero-order valence-electron chi connectivity index (χ0n) is 15.5. The van der Waals surface area contributed by atoms with E-state index in [-0.39, 0.29) is 17.1 Å². The van der Waals surface area contributed by atoms with Crippen LogP contribution < -0.4 is 5.73 Å². The molecule has 0 saturated heterocycles. The van der Waals surface area contributed by atoms with Crippen LogP contribution in [0.2, 0.25) is 0 Å². The second-order valence-corrected chi connectivity index (χ2v) is 8.74. The van der Waals surface area contributed by atoms with Gasteiger partial charge in [0.2, 0.25) is 0 Å². The van der Waals surface area contributed by atoms with E-state index in [2.05, 4.69) is 10.1 Å². The maximum atomic E-state index is 14.3. The first-order valence-corrected chi connectivity index (χ1v) is 10.8. The molecule has 2 aromatic heterocycles. The van der Waals surface area contributed by atoms with E-state index in [4.69, 9.17) is 10.3 Å². The predicted octanol–water partition coefficient (Wildman–Crippen LogP) is 3.67. The summed E-state index contributed by atoms with van der Waals surface area (Å²) in [6.07, 6.45) is 1.06. The molecular formula is C21H18FN3O3S. The Morgan fingerprint density at radius 3 is 2.59 bits per heavy atom. The Hall–Kier alpha value is -3.10. The van der Waals surface area contributed by atoms with Gasteiger partial charge in [0.25, 0.3) is 0 Å². The highest BCUT2D eigenvalue weighted by molar-refractivity contribution is 7.90. The van der Waals surface area contributed by atoms with Crippen molar-refractivity contribution < 1.29 is 17.3 Å². The molecule has 0 aliphatic rings. The molecule has 8 heteroatoms. The summed E-state index contributed by atoms with van der Waals surface area (Å²) >= 11 is 0. The highest BCUT2D eigenvalue weighted by Gasteiger charge is 2.20. The summed E-state index contributed by atoms with van der Waals surface area (Å²) in [6.45, 7) is 0. The van der Waals surface area contributed by atoms with Gasteiger partial charge in [0, 0.05) is 29.7 Å². The van der Waals surface area contributed by atoms with E-state index in [1.807, 2.05) is 48.5 Å². The third-order valence-electron chi connectivity index (χ3n) is 4.68. The van der Waals surface area contributed by atoms with Crippen LogP contribution in [-0.2, 0) is 16.3 Å². The summed E-state index contributed by atoms with van der Waals surface area (Å²) in [5.74, 6) is -0.600. The summed E-state index contributed by atoms with van der Waals surface area (Å²) in [5.41, 5.74) is 9.19. The highest BCUT2D eigenvalue weighted by atomic mass is 32.2. The number of halogens is 1. The number of pyridine rings is 1. The molecule has 2 aromatic carbocycles. The van der Waals surface area contributed by atoms with Crippen LogP contribution in [0.1, 0.15) is 17.3 Å². The van der Waals surface area contributed by atoms with Crippen molar-refractivity contribution in [2.75, 3.05) is 6.26 Å². The topological polar surface area (TPSA) is 99.1 Å². The van der Waals surface area contributed by atoms with Crippen molar-refractivity contribution in [3.05, 3.63) is 77.7 Å². The maximum Gasteiger partial charge on any atom is 0.192 e. The first kappa shape index (κ1) is 19.2. The maximum absolute atomic E-state index is 14.3. The van der Waals surface area contributed by atoms with Crippen LogP contribution in [0.4, 0.5) is 4.39 Å². The van der Waals surface area contributed by atoms with Gasteiger partial charge in [-0.1, -0.05) is 41.6 Å². The number of sulfone groups is 1. The van der Waals surface area contributed by atoms with Crippen LogP contribution >= 0.6 is 0 Å². The summed E-state index contributed by atoms with van der Waals surface area (Å²) in [4.78, 5) is 3.97. The Balaban J connectivity index is 1.74. The molecule has 0 fully saturated rings. The number of benzene rings is 2. The van der Waals surface area contributed by atoms with Crippen LogP contribution in [-0.4, -0.2) is 24.8 Å². The quantitative estimate of drug-likeness (QED) is 0.538. The van der Waals surface area contributed by atoms with Crippen molar-refractivity contribution >= 4 is 20.8 Å². The van der Waals surface area contributed by atoms with Gasteiger partial charge in [0.15, 0.2) is 20.4 Å². The van der Waals surface area contributed by atoms with Crippen LogP contribution in [0, 0.1) is 5.82 Å². The molecule has 4 rings (SSSR count). The predicted molar refractivity (Wildman–Crippen MR) is 107 cm³/mol. The average Bonchev–Trinajstić information content (AvgIpc) is 3.13. The zero-order chi connectivity index (χ0) is 20.6. The van der Waals surface area contributed by atoms with Gasteiger partial charge in [-0.3, -0.25) is 0 Å². The molecule has 4 aromatic rings. The largest absolute Gasteiger partial charge is 0.356 e.